The summed E-state index contributed by atoms with van der Waals surface area (Å²) >= 11 is 16.2. The second-order valence-corrected chi connectivity index (χ2v) is 9.64. The first-order valence-corrected chi connectivity index (χ1v) is 12.5. The fourth-order valence-corrected chi connectivity index (χ4v) is 4.54. The van der Waals surface area contributed by atoms with Crippen molar-refractivity contribution in [3.8, 4) is 5.75 Å². The average Bonchev–Trinajstić information content (AvgIpc) is 2.84. The average molecular weight is 589 g/mol. The molecule has 0 saturated carbocycles. The Morgan fingerprint density at radius 1 is 1.17 bits per heavy atom. The lowest BCUT2D eigenvalue weighted by molar-refractivity contribution is 0.0696. The van der Waals surface area contributed by atoms with Crippen molar-refractivity contribution in [3.05, 3.63) is 102 Å². The lowest BCUT2D eigenvalue weighted by atomic mass is 10.1. The van der Waals surface area contributed by atoms with Crippen molar-refractivity contribution in [2.24, 2.45) is 5.10 Å². The summed E-state index contributed by atoms with van der Waals surface area (Å²) in [5.41, 5.74) is 1.72. The molecule has 4 rings (SSSR count). The Labute approximate surface area is 225 Å². The van der Waals surface area contributed by atoms with Crippen LogP contribution >= 0.6 is 39.1 Å². The topological polar surface area (TPSA) is 93.8 Å². The van der Waals surface area contributed by atoms with E-state index in [0.29, 0.717) is 34.3 Å². The van der Waals surface area contributed by atoms with Crippen LogP contribution in [0, 0.1) is 0 Å². The highest BCUT2D eigenvalue weighted by Crippen LogP contribution is 2.34. The Hall–Kier alpha value is -3.20. The zero-order chi connectivity index (χ0) is 25.8. The molecule has 0 bridgehead atoms. The summed E-state index contributed by atoms with van der Waals surface area (Å²) in [5, 5.41) is 14.5. The molecule has 184 valence electrons. The van der Waals surface area contributed by atoms with Crippen LogP contribution < -0.4 is 10.3 Å². The Morgan fingerprint density at radius 3 is 2.61 bits per heavy atom. The summed E-state index contributed by atoms with van der Waals surface area (Å²) < 4.78 is 7.83. The number of halogens is 3. The Balaban J connectivity index is 1.62. The van der Waals surface area contributed by atoms with Gasteiger partial charge in [0.25, 0.3) is 5.56 Å². The number of carbonyl (C=O) groups is 1. The molecule has 4 aromatic rings. The summed E-state index contributed by atoms with van der Waals surface area (Å²) in [6, 6.07) is 15.0. The minimum absolute atomic E-state index is 0.0854. The first-order chi connectivity index (χ1) is 17.3. The molecule has 0 spiro atoms. The number of ether oxygens (including phenoxy) is 1. The standard InChI is InChI=1S/C26H20BrCl2N3O4/c1-2-4-23-31-22-8-7-18(27)12-19(22)25(33)32(23)30-13-16-10-20(28)24(21(29)11-16)36-14-15-5-3-6-17(9-15)26(34)35/h3,5-13H,2,4,14H2,1H3,(H,34,35). The fourth-order valence-electron chi connectivity index (χ4n) is 3.57. The molecule has 0 atom stereocenters. The highest BCUT2D eigenvalue weighted by Gasteiger charge is 2.13. The summed E-state index contributed by atoms with van der Waals surface area (Å²) in [5.74, 6) is -0.210. The number of nitrogens with zero attached hydrogens (tertiary/aromatic N) is 3. The van der Waals surface area contributed by atoms with Crippen LogP contribution in [0.25, 0.3) is 10.9 Å². The van der Waals surface area contributed by atoms with Gasteiger partial charge in [-0.2, -0.15) is 9.78 Å². The third-order valence-corrected chi connectivity index (χ3v) is 6.30. The second-order valence-electron chi connectivity index (χ2n) is 7.91. The van der Waals surface area contributed by atoms with Gasteiger partial charge in [-0.25, -0.2) is 9.78 Å². The number of aromatic nitrogens is 2. The summed E-state index contributed by atoms with van der Waals surface area (Å²) in [7, 11) is 0. The van der Waals surface area contributed by atoms with Crippen LogP contribution in [0.3, 0.4) is 0 Å². The number of hydrogen-bond donors (Lipinski definition) is 1. The van der Waals surface area contributed by atoms with E-state index in [1.807, 2.05) is 13.0 Å². The first kappa shape index (κ1) is 25.9. The largest absolute Gasteiger partial charge is 0.486 e. The smallest absolute Gasteiger partial charge is 0.335 e. The van der Waals surface area contributed by atoms with E-state index in [4.69, 9.17) is 33.0 Å². The zero-order valence-electron chi connectivity index (χ0n) is 19.0. The number of carboxylic acids is 1. The highest BCUT2D eigenvalue weighted by molar-refractivity contribution is 9.10. The predicted octanol–water partition coefficient (Wildman–Crippen LogP) is 6.58. The van der Waals surface area contributed by atoms with Gasteiger partial charge < -0.3 is 9.84 Å². The molecule has 0 aliphatic rings. The van der Waals surface area contributed by atoms with Crippen molar-refractivity contribution in [1.82, 2.24) is 9.66 Å². The zero-order valence-corrected chi connectivity index (χ0v) is 22.1. The van der Waals surface area contributed by atoms with Crippen molar-refractivity contribution in [2.45, 2.75) is 26.4 Å². The van der Waals surface area contributed by atoms with Gasteiger partial charge in [0.15, 0.2) is 5.75 Å². The summed E-state index contributed by atoms with van der Waals surface area (Å²) in [4.78, 5) is 28.9. The number of aryl methyl sites for hydroxylation is 1. The molecule has 10 heteroatoms. The lowest BCUT2D eigenvalue weighted by Crippen LogP contribution is -2.22. The van der Waals surface area contributed by atoms with Crippen LogP contribution in [0.2, 0.25) is 10.0 Å². The monoisotopic (exact) mass is 587 g/mol. The van der Waals surface area contributed by atoms with E-state index in [9.17, 15) is 9.59 Å². The Bertz CT molecular complexity index is 1530. The SMILES string of the molecule is CCCc1nc2ccc(Br)cc2c(=O)n1N=Cc1cc(Cl)c(OCc2cccc(C(=O)O)c2)c(Cl)c1. The fraction of sp³-hybridized carbons (Fsp3) is 0.154. The van der Waals surface area contributed by atoms with Crippen molar-refractivity contribution in [2.75, 3.05) is 0 Å². The number of carboxylic acid groups (broad SMARTS) is 1. The lowest BCUT2D eigenvalue weighted by Gasteiger charge is -2.12. The number of fused-ring (bicyclic) bond motifs is 1. The molecule has 0 aliphatic heterocycles. The van der Waals surface area contributed by atoms with Gasteiger partial charge >= 0.3 is 5.97 Å². The van der Waals surface area contributed by atoms with Gasteiger partial charge in [0, 0.05) is 10.9 Å². The van der Waals surface area contributed by atoms with Crippen LogP contribution in [0.4, 0.5) is 0 Å². The second kappa shape index (κ2) is 11.2. The molecule has 0 saturated heterocycles. The van der Waals surface area contributed by atoms with Crippen molar-refractivity contribution >= 4 is 62.2 Å². The third-order valence-electron chi connectivity index (χ3n) is 5.25. The van der Waals surface area contributed by atoms with Gasteiger partial charge in [0.2, 0.25) is 0 Å². The van der Waals surface area contributed by atoms with E-state index in [1.165, 1.54) is 23.0 Å². The van der Waals surface area contributed by atoms with E-state index >= 15 is 0 Å². The first-order valence-electron chi connectivity index (χ1n) is 11.0. The molecule has 7 nitrogen and oxygen atoms in total. The molecule has 1 N–H and O–H groups in total. The van der Waals surface area contributed by atoms with E-state index < -0.39 is 5.97 Å². The van der Waals surface area contributed by atoms with Gasteiger partial charge in [0.05, 0.1) is 32.7 Å². The number of benzene rings is 3. The van der Waals surface area contributed by atoms with E-state index in [0.717, 1.165) is 10.9 Å². The van der Waals surface area contributed by atoms with Crippen LogP contribution in [0.1, 0.15) is 40.7 Å². The maximum absolute atomic E-state index is 13.2. The molecule has 3 aromatic carbocycles. The van der Waals surface area contributed by atoms with Gasteiger partial charge in [-0.3, -0.25) is 4.79 Å². The molecule has 0 radical (unpaired) electrons. The maximum atomic E-state index is 13.2. The molecule has 0 fully saturated rings. The molecule has 36 heavy (non-hydrogen) atoms. The van der Waals surface area contributed by atoms with Gasteiger partial charge in [-0.1, -0.05) is 58.2 Å². The van der Waals surface area contributed by atoms with E-state index in [-0.39, 0.29) is 33.5 Å². The van der Waals surface area contributed by atoms with Gasteiger partial charge in [0.1, 0.15) is 12.4 Å². The summed E-state index contributed by atoms with van der Waals surface area (Å²) in [6.45, 7) is 2.09. The molecular weight excluding hydrogens is 569 g/mol. The van der Waals surface area contributed by atoms with Gasteiger partial charge in [-0.15, -0.1) is 0 Å². The maximum Gasteiger partial charge on any atom is 0.335 e. The molecule has 0 aliphatic carbocycles. The molecule has 1 aromatic heterocycles. The van der Waals surface area contributed by atoms with Gasteiger partial charge in [-0.05, 0) is 60.0 Å². The van der Waals surface area contributed by atoms with Crippen LogP contribution in [-0.2, 0) is 13.0 Å². The van der Waals surface area contributed by atoms with Crippen molar-refractivity contribution in [1.29, 1.82) is 0 Å². The van der Waals surface area contributed by atoms with Crippen molar-refractivity contribution in [3.63, 3.8) is 0 Å². The number of rotatable bonds is 8. The Morgan fingerprint density at radius 2 is 1.92 bits per heavy atom. The third kappa shape index (κ3) is 5.78. The van der Waals surface area contributed by atoms with E-state index in [1.54, 1.807) is 36.4 Å². The minimum Gasteiger partial charge on any atom is -0.486 e. The normalized spacial score (nSPS) is 11.3. The highest BCUT2D eigenvalue weighted by atomic mass is 79.9. The molecular formula is C26H20BrCl2N3O4. The Kier molecular flexibility index (Phi) is 8.08. The molecule has 0 amide bonds. The molecule has 0 unspecified atom stereocenters. The predicted molar refractivity (Wildman–Crippen MR) is 145 cm³/mol. The van der Waals surface area contributed by atoms with Crippen LogP contribution in [-0.4, -0.2) is 27.0 Å². The van der Waals surface area contributed by atoms with Crippen LogP contribution in [0.5, 0.6) is 5.75 Å². The van der Waals surface area contributed by atoms with E-state index in [2.05, 4.69) is 26.0 Å². The number of aromatic carboxylic acids is 1. The van der Waals surface area contributed by atoms with Crippen molar-refractivity contribution < 1.29 is 14.6 Å². The van der Waals surface area contributed by atoms with Crippen LogP contribution in [0.15, 0.2) is 69.0 Å². The minimum atomic E-state index is -1.02. The molecule has 1 heterocycles. The number of hydrogen-bond acceptors (Lipinski definition) is 5. The quantitative estimate of drug-likeness (QED) is 0.235. The summed E-state index contributed by atoms with van der Waals surface area (Å²) in [6.07, 6.45) is 2.86.